The number of halogens is 1. The van der Waals surface area contributed by atoms with Crippen molar-refractivity contribution in [3.8, 4) is 0 Å². The van der Waals surface area contributed by atoms with E-state index in [1.807, 2.05) is 49.5 Å². The Kier molecular flexibility index (Phi) is 4.02. The van der Waals surface area contributed by atoms with Crippen LogP contribution in [0.15, 0.2) is 58.4 Å². The summed E-state index contributed by atoms with van der Waals surface area (Å²) < 4.78 is 2.70. The van der Waals surface area contributed by atoms with E-state index in [1.165, 1.54) is 5.56 Å². The maximum atomic E-state index is 12.0. The zero-order chi connectivity index (χ0) is 15.5. The van der Waals surface area contributed by atoms with Crippen molar-refractivity contribution in [2.45, 2.75) is 6.92 Å². The van der Waals surface area contributed by atoms with Gasteiger partial charge in [0.2, 0.25) is 0 Å². The number of hydrogen-bond donors (Lipinski definition) is 1. The van der Waals surface area contributed by atoms with Crippen LogP contribution in [0.4, 0.5) is 0 Å². The van der Waals surface area contributed by atoms with E-state index in [9.17, 15) is 4.79 Å². The Morgan fingerprint density at radius 2 is 2.00 bits per heavy atom. The molecule has 0 aliphatic carbocycles. The quantitative estimate of drug-likeness (QED) is 0.578. The fraction of sp³-hybridized carbons (Fsp3) is 0.0625. The number of hydrazone groups is 1. The van der Waals surface area contributed by atoms with E-state index >= 15 is 0 Å². The van der Waals surface area contributed by atoms with Crippen LogP contribution < -0.4 is 5.43 Å². The zero-order valence-electron chi connectivity index (χ0n) is 11.8. The predicted octanol–water partition coefficient (Wildman–Crippen LogP) is 3.17. The van der Waals surface area contributed by atoms with Crippen LogP contribution in [0, 0.1) is 6.92 Å². The van der Waals surface area contributed by atoms with Crippen LogP contribution in [0.5, 0.6) is 0 Å². The van der Waals surface area contributed by atoms with Gasteiger partial charge in [0.1, 0.15) is 11.3 Å². The molecule has 1 N–H and O–H groups in total. The van der Waals surface area contributed by atoms with Crippen molar-refractivity contribution in [2.75, 3.05) is 0 Å². The molecule has 110 valence electrons. The lowest BCUT2D eigenvalue weighted by molar-refractivity contribution is 0.0951. The third-order valence-corrected chi connectivity index (χ3v) is 3.57. The van der Waals surface area contributed by atoms with Gasteiger partial charge in [-0.05, 0) is 40.5 Å². The standard InChI is InChI=1S/C16H13BrN4O/c1-11-2-4-12(5-3-11)8-18-20-16(22)14-10-21-9-13(17)6-7-15(21)19-14/h2-10H,1H3,(H,20,22)/b18-8-. The van der Waals surface area contributed by atoms with Crippen molar-refractivity contribution in [3.63, 3.8) is 0 Å². The minimum absolute atomic E-state index is 0.319. The van der Waals surface area contributed by atoms with Crippen molar-refractivity contribution in [1.82, 2.24) is 14.8 Å². The third-order valence-electron chi connectivity index (χ3n) is 3.10. The van der Waals surface area contributed by atoms with E-state index in [0.29, 0.717) is 11.3 Å². The van der Waals surface area contributed by atoms with E-state index in [1.54, 1.807) is 16.8 Å². The molecule has 0 unspecified atom stereocenters. The number of nitrogens with zero attached hydrogens (tertiary/aromatic N) is 3. The highest BCUT2D eigenvalue weighted by atomic mass is 79.9. The largest absolute Gasteiger partial charge is 0.305 e. The second-order valence-electron chi connectivity index (χ2n) is 4.85. The Bertz CT molecular complexity index is 852. The maximum Gasteiger partial charge on any atom is 0.291 e. The van der Waals surface area contributed by atoms with E-state index in [2.05, 4.69) is 31.4 Å². The molecule has 0 saturated carbocycles. The highest BCUT2D eigenvalue weighted by molar-refractivity contribution is 9.10. The highest BCUT2D eigenvalue weighted by Gasteiger charge is 2.09. The van der Waals surface area contributed by atoms with Crippen molar-refractivity contribution in [1.29, 1.82) is 0 Å². The lowest BCUT2D eigenvalue weighted by atomic mass is 10.2. The summed E-state index contributed by atoms with van der Waals surface area (Å²) in [6, 6.07) is 11.6. The highest BCUT2D eigenvalue weighted by Crippen LogP contribution is 2.12. The molecule has 0 aliphatic heterocycles. The van der Waals surface area contributed by atoms with Crippen LogP contribution in [0.25, 0.3) is 5.65 Å². The Balaban J connectivity index is 1.71. The van der Waals surface area contributed by atoms with Crippen molar-refractivity contribution < 1.29 is 4.79 Å². The number of imidazole rings is 1. The summed E-state index contributed by atoms with van der Waals surface area (Å²) in [5, 5.41) is 3.95. The van der Waals surface area contributed by atoms with Gasteiger partial charge in [-0.25, -0.2) is 10.4 Å². The number of nitrogens with one attached hydrogen (secondary N) is 1. The second-order valence-corrected chi connectivity index (χ2v) is 5.76. The molecule has 0 fully saturated rings. The molecule has 0 spiro atoms. The first-order valence-corrected chi connectivity index (χ1v) is 7.45. The molecule has 1 aromatic carbocycles. The van der Waals surface area contributed by atoms with Gasteiger partial charge in [-0.1, -0.05) is 29.8 Å². The van der Waals surface area contributed by atoms with Gasteiger partial charge >= 0.3 is 0 Å². The van der Waals surface area contributed by atoms with Crippen LogP contribution in [-0.4, -0.2) is 21.5 Å². The molecule has 2 aromatic heterocycles. The van der Waals surface area contributed by atoms with Crippen molar-refractivity contribution >= 4 is 33.7 Å². The molecule has 5 nitrogen and oxygen atoms in total. The first-order valence-electron chi connectivity index (χ1n) is 6.66. The number of carbonyl (C=O) groups excluding carboxylic acids is 1. The molecule has 0 aliphatic rings. The lowest BCUT2D eigenvalue weighted by Gasteiger charge is -1.96. The molecular formula is C16H13BrN4O. The minimum Gasteiger partial charge on any atom is -0.305 e. The molecule has 3 rings (SSSR count). The Labute approximate surface area is 135 Å². The average molecular weight is 357 g/mol. The third kappa shape index (κ3) is 3.23. The summed E-state index contributed by atoms with van der Waals surface area (Å²) in [4.78, 5) is 16.3. The van der Waals surface area contributed by atoms with E-state index in [4.69, 9.17) is 0 Å². The molecule has 1 amide bonds. The molecule has 0 radical (unpaired) electrons. The van der Waals surface area contributed by atoms with E-state index in [0.717, 1.165) is 10.0 Å². The normalized spacial score (nSPS) is 11.2. The topological polar surface area (TPSA) is 58.8 Å². The molecule has 22 heavy (non-hydrogen) atoms. The SMILES string of the molecule is Cc1ccc(/C=N\NC(=O)c2cn3cc(Br)ccc3n2)cc1. The number of amides is 1. The van der Waals surface area contributed by atoms with Gasteiger partial charge in [0.25, 0.3) is 5.91 Å². The predicted molar refractivity (Wildman–Crippen MR) is 89.1 cm³/mol. The molecule has 0 atom stereocenters. The lowest BCUT2D eigenvalue weighted by Crippen LogP contribution is -2.17. The van der Waals surface area contributed by atoms with E-state index < -0.39 is 0 Å². The van der Waals surface area contributed by atoms with Crippen LogP contribution >= 0.6 is 15.9 Å². The van der Waals surface area contributed by atoms with Crippen LogP contribution in [0.2, 0.25) is 0 Å². The van der Waals surface area contributed by atoms with Crippen molar-refractivity contribution in [3.05, 3.63) is 70.1 Å². The van der Waals surface area contributed by atoms with Crippen LogP contribution in [-0.2, 0) is 0 Å². The average Bonchev–Trinajstić information content (AvgIpc) is 2.92. The van der Waals surface area contributed by atoms with Crippen LogP contribution in [0.1, 0.15) is 21.6 Å². The molecule has 0 saturated heterocycles. The minimum atomic E-state index is -0.344. The van der Waals surface area contributed by atoms with Gasteiger partial charge in [0.05, 0.1) is 6.21 Å². The van der Waals surface area contributed by atoms with Gasteiger partial charge in [-0.15, -0.1) is 0 Å². The maximum absolute atomic E-state index is 12.0. The summed E-state index contributed by atoms with van der Waals surface area (Å²) in [7, 11) is 0. The molecule has 6 heteroatoms. The summed E-state index contributed by atoms with van der Waals surface area (Å²) >= 11 is 3.38. The van der Waals surface area contributed by atoms with Gasteiger partial charge in [-0.2, -0.15) is 5.10 Å². The summed E-state index contributed by atoms with van der Waals surface area (Å²) in [6.07, 6.45) is 5.11. The first-order chi connectivity index (χ1) is 10.6. The zero-order valence-corrected chi connectivity index (χ0v) is 13.4. The number of aryl methyl sites for hydroxylation is 1. The van der Waals surface area contributed by atoms with Gasteiger partial charge in [-0.3, -0.25) is 4.79 Å². The second kappa shape index (κ2) is 6.11. The van der Waals surface area contributed by atoms with E-state index in [-0.39, 0.29) is 5.91 Å². The Morgan fingerprint density at radius 1 is 1.23 bits per heavy atom. The Hall–Kier alpha value is -2.47. The molecule has 3 aromatic rings. The monoisotopic (exact) mass is 356 g/mol. The van der Waals surface area contributed by atoms with Gasteiger partial charge < -0.3 is 4.40 Å². The smallest absolute Gasteiger partial charge is 0.291 e. The fourth-order valence-corrected chi connectivity index (χ4v) is 2.30. The summed E-state index contributed by atoms with van der Waals surface area (Å²) in [6.45, 7) is 2.02. The molecule has 2 heterocycles. The fourth-order valence-electron chi connectivity index (χ4n) is 1.95. The van der Waals surface area contributed by atoms with Gasteiger partial charge in [0.15, 0.2) is 0 Å². The number of fused-ring (bicyclic) bond motifs is 1. The van der Waals surface area contributed by atoms with Crippen LogP contribution in [0.3, 0.4) is 0 Å². The van der Waals surface area contributed by atoms with Crippen molar-refractivity contribution in [2.24, 2.45) is 5.10 Å². The number of pyridine rings is 1. The summed E-state index contributed by atoms with van der Waals surface area (Å²) in [5.41, 5.74) is 5.60. The number of rotatable bonds is 3. The number of carbonyl (C=O) groups is 1. The molecule has 0 bridgehead atoms. The number of benzene rings is 1. The first kappa shape index (κ1) is 14.5. The van der Waals surface area contributed by atoms with Gasteiger partial charge in [0, 0.05) is 16.9 Å². The molecular weight excluding hydrogens is 344 g/mol. The Morgan fingerprint density at radius 3 is 2.77 bits per heavy atom. The number of hydrogen-bond acceptors (Lipinski definition) is 3. The summed E-state index contributed by atoms with van der Waals surface area (Å²) in [5.74, 6) is -0.344. The number of aromatic nitrogens is 2.